The summed E-state index contributed by atoms with van der Waals surface area (Å²) in [4.78, 5) is 29.9. The molecular weight excluding hydrogens is 307 g/mol. The third-order valence-corrected chi connectivity index (χ3v) is 2.75. The van der Waals surface area contributed by atoms with E-state index in [0.717, 1.165) is 18.5 Å². The molecule has 0 unspecified atom stereocenters. The normalized spacial score (nSPS) is 10.0. The third-order valence-electron chi connectivity index (χ3n) is 2.75. The van der Waals surface area contributed by atoms with E-state index in [1.807, 2.05) is 0 Å². The molecule has 1 aromatic heterocycles. The first-order valence-electron chi connectivity index (χ1n) is 6.58. The van der Waals surface area contributed by atoms with Gasteiger partial charge < -0.3 is 5.32 Å². The van der Waals surface area contributed by atoms with Gasteiger partial charge in [-0.1, -0.05) is 0 Å². The van der Waals surface area contributed by atoms with Crippen molar-refractivity contribution in [1.82, 2.24) is 15.4 Å². The van der Waals surface area contributed by atoms with Crippen molar-refractivity contribution in [3.63, 3.8) is 0 Å². The Morgan fingerprint density at radius 1 is 1.26 bits per heavy atom. The summed E-state index contributed by atoms with van der Waals surface area (Å²) in [5.74, 6) is -1.21. The summed E-state index contributed by atoms with van der Waals surface area (Å²) in [6.45, 7) is 2.19. The summed E-state index contributed by atoms with van der Waals surface area (Å²) >= 11 is 0. The molecule has 9 nitrogen and oxygen atoms in total. The number of hydrogen-bond acceptors (Lipinski definition) is 7. The Morgan fingerprint density at radius 2 is 1.91 bits per heavy atom. The van der Waals surface area contributed by atoms with Gasteiger partial charge in [-0.25, -0.2) is 14.4 Å². The summed E-state index contributed by atoms with van der Waals surface area (Å²) in [7, 11) is 0. The SMILES string of the molecule is CCNc1ncnc(NNC(=O)c2ccc(F)cc2)c1[N+](=O)[O-]. The quantitative estimate of drug-likeness (QED) is 0.547. The molecule has 0 bridgehead atoms. The number of anilines is 2. The van der Waals surface area contributed by atoms with Crippen LogP contribution >= 0.6 is 0 Å². The van der Waals surface area contributed by atoms with Crippen LogP contribution in [0.25, 0.3) is 0 Å². The lowest BCUT2D eigenvalue weighted by atomic mass is 10.2. The summed E-state index contributed by atoms with van der Waals surface area (Å²) in [5, 5.41) is 13.9. The molecule has 0 aliphatic carbocycles. The standard InChI is InChI=1S/C13H13FN6O3/c1-2-15-11-10(20(22)23)12(17-7-16-11)18-19-13(21)8-3-5-9(14)6-4-8/h3-7H,2H2,1H3,(H,19,21)(H2,15,16,17,18). The highest BCUT2D eigenvalue weighted by Crippen LogP contribution is 2.28. The Hall–Kier alpha value is -3.30. The van der Waals surface area contributed by atoms with E-state index in [0.29, 0.717) is 6.54 Å². The van der Waals surface area contributed by atoms with Crippen LogP contribution in [0.15, 0.2) is 30.6 Å². The molecule has 1 heterocycles. The third kappa shape index (κ3) is 3.87. The highest BCUT2D eigenvalue weighted by Gasteiger charge is 2.23. The lowest BCUT2D eigenvalue weighted by Gasteiger charge is -2.10. The summed E-state index contributed by atoms with van der Waals surface area (Å²) < 4.78 is 12.8. The highest BCUT2D eigenvalue weighted by molar-refractivity contribution is 5.95. The Bertz CT molecular complexity index is 722. The van der Waals surface area contributed by atoms with Crippen molar-refractivity contribution in [3.8, 4) is 0 Å². The number of carbonyl (C=O) groups is 1. The molecule has 0 fully saturated rings. The van der Waals surface area contributed by atoms with Crippen molar-refractivity contribution in [2.24, 2.45) is 0 Å². The van der Waals surface area contributed by atoms with Crippen LogP contribution in [0.5, 0.6) is 0 Å². The van der Waals surface area contributed by atoms with Crippen LogP contribution in [0.3, 0.4) is 0 Å². The molecule has 3 N–H and O–H groups in total. The number of nitrogens with one attached hydrogen (secondary N) is 3. The number of benzene rings is 1. The lowest BCUT2D eigenvalue weighted by molar-refractivity contribution is -0.383. The number of hydrazine groups is 1. The molecule has 23 heavy (non-hydrogen) atoms. The van der Waals surface area contributed by atoms with Crippen molar-refractivity contribution in [2.45, 2.75) is 6.92 Å². The second kappa shape index (κ2) is 7.11. The molecule has 2 rings (SSSR count). The Kier molecular flexibility index (Phi) is 4.97. The predicted molar refractivity (Wildman–Crippen MR) is 80.3 cm³/mol. The van der Waals surface area contributed by atoms with Gasteiger partial charge >= 0.3 is 5.69 Å². The van der Waals surface area contributed by atoms with E-state index in [2.05, 4.69) is 26.1 Å². The van der Waals surface area contributed by atoms with E-state index in [9.17, 15) is 19.3 Å². The Labute approximate surface area is 130 Å². The maximum Gasteiger partial charge on any atom is 0.354 e. The Morgan fingerprint density at radius 3 is 2.52 bits per heavy atom. The van der Waals surface area contributed by atoms with Gasteiger partial charge in [0.2, 0.25) is 11.6 Å². The van der Waals surface area contributed by atoms with E-state index in [-0.39, 0.29) is 17.2 Å². The molecule has 0 aliphatic heterocycles. The molecule has 0 spiro atoms. The van der Waals surface area contributed by atoms with Crippen LogP contribution < -0.4 is 16.2 Å². The molecule has 1 amide bonds. The Balaban J connectivity index is 2.16. The first kappa shape index (κ1) is 16.1. The van der Waals surface area contributed by atoms with Crippen LogP contribution in [0.1, 0.15) is 17.3 Å². The van der Waals surface area contributed by atoms with Crippen molar-refractivity contribution >= 4 is 23.2 Å². The van der Waals surface area contributed by atoms with Gasteiger partial charge in [-0.05, 0) is 31.2 Å². The van der Waals surface area contributed by atoms with Crippen LogP contribution in [0.4, 0.5) is 21.7 Å². The van der Waals surface area contributed by atoms with Crippen molar-refractivity contribution < 1.29 is 14.1 Å². The zero-order valence-electron chi connectivity index (χ0n) is 12.0. The number of amides is 1. The second-order valence-corrected chi connectivity index (χ2v) is 4.29. The van der Waals surface area contributed by atoms with Gasteiger partial charge in [0.15, 0.2) is 0 Å². The van der Waals surface area contributed by atoms with Gasteiger partial charge in [-0.15, -0.1) is 0 Å². The summed E-state index contributed by atoms with van der Waals surface area (Å²) in [6.07, 6.45) is 1.12. The molecule has 2 aromatic rings. The maximum atomic E-state index is 12.8. The van der Waals surface area contributed by atoms with Crippen LogP contribution in [0.2, 0.25) is 0 Å². The topological polar surface area (TPSA) is 122 Å². The van der Waals surface area contributed by atoms with Gasteiger partial charge in [0, 0.05) is 12.1 Å². The fraction of sp³-hybridized carbons (Fsp3) is 0.154. The molecule has 0 atom stereocenters. The predicted octanol–water partition coefficient (Wildman–Crippen LogP) is 1.71. The largest absolute Gasteiger partial charge is 0.364 e. The number of halogens is 1. The minimum absolute atomic E-state index is 0.0334. The van der Waals surface area contributed by atoms with E-state index < -0.39 is 22.3 Å². The van der Waals surface area contributed by atoms with Crippen LogP contribution in [0, 0.1) is 15.9 Å². The van der Waals surface area contributed by atoms with Gasteiger partial charge in [-0.2, -0.15) is 0 Å². The van der Waals surface area contributed by atoms with E-state index in [4.69, 9.17) is 0 Å². The van der Waals surface area contributed by atoms with Gasteiger partial charge in [0.05, 0.1) is 4.92 Å². The molecule has 0 saturated carbocycles. The van der Waals surface area contributed by atoms with Gasteiger partial charge in [0.25, 0.3) is 5.91 Å². The van der Waals surface area contributed by atoms with E-state index >= 15 is 0 Å². The number of nitro groups is 1. The van der Waals surface area contributed by atoms with Crippen molar-refractivity contribution in [1.29, 1.82) is 0 Å². The summed E-state index contributed by atoms with van der Waals surface area (Å²) in [5.41, 5.74) is 4.43. The van der Waals surface area contributed by atoms with Crippen molar-refractivity contribution in [2.75, 3.05) is 17.3 Å². The van der Waals surface area contributed by atoms with Gasteiger partial charge in [0.1, 0.15) is 12.1 Å². The zero-order valence-corrected chi connectivity index (χ0v) is 12.0. The lowest BCUT2D eigenvalue weighted by Crippen LogP contribution is -2.30. The molecule has 120 valence electrons. The van der Waals surface area contributed by atoms with Crippen LogP contribution in [-0.2, 0) is 0 Å². The number of rotatable bonds is 6. The first-order valence-corrected chi connectivity index (χ1v) is 6.58. The maximum absolute atomic E-state index is 12.8. The average molecular weight is 320 g/mol. The van der Waals surface area contributed by atoms with Crippen LogP contribution in [-0.4, -0.2) is 27.3 Å². The van der Waals surface area contributed by atoms with Gasteiger partial charge in [-0.3, -0.25) is 25.8 Å². The summed E-state index contributed by atoms with van der Waals surface area (Å²) in [6, 6.07) is 4.83. The zero-order chi connectivity index (χ0) is 16.8. The molecule has 0 radical (unpaired) electrons. The highest BCUT2D eigenvalue weighted by atomic mass is 19.1. The fourth-order valence-corrected chi connectivity index (χ4v) is 1.73. The first-order chi connectivity index (χ1) is 11.0. The number of carbonyl (C=O) groups excluding carboxylic acids is 1. The molecular formula is C13H13FN6O3. The molecule has 0 saturated heterocycles. The molecule has 10 heteroatoms. The van der Waals surface area contributed by atoms with Crippen molar-refractivity contribution in [3.05, 3.63) is 52.1 Å². The monoisotopic (exact) mass is 320 g/mol. The average Bonchev–Trinajstić information content (AvgIpc) is 2.53. The number of nitrogens with zero attached hydrogens (tertiary/aromatic N) is 3. The smallest absolute Gasteiger partial charge is 0.354 e. The molecule has 0 aliphatic rings. The number of hydrogen-bond donors (Lipinski definition) is 3. The number of aromatic nitrogens is 2. The fourth-order valence-electron chi connectivity index (χ4n) is 1.73. The minimum Gasteiger partial charge on any atom is -0.364 e. The van der Waals surface area contributed by atoms with E-state index in [1.165, 1.54) is 12.1 Å². The van der Waals surface area contributed by atoms with E-state index in [1.54, 1.807) is 6.92 Å². The minimum atomic E-state index is -0.662. The second-order valence-electron chi connectivity index (χ2n) is 4.29. The molecule has 1 aromatic carbocycles.